The first-order valence-electron chi connectivity index (χ1n) is 7.52. The molecule has 1 aromatic rings. The van der Waals surface area contributed by atoms with Crippen molar-refractivity contribution in [2.45, 2.75) is 44.5 Å². The van der Waals surface area contributed by atoms with Gasteiger partial charge in [0.25, 0.3) is 0 Å². The molecule has 0 unspecified atom stereocenters. The van der Waals surface area contributed by atoms with E-state index < -0.39 is 6.10 Å². The van der Waals surface area contributed by atoms with E-state index in [1.807, 2.05) is 42.2 Å². The minimum absolute atomic E-state index is 0.0419. The Balaban J connectivity index is 2.00. The number of rotatable bonds is 6. The first kappa shape index (κ1) is 15.9. The zero-order valence-electron chi connectivity index (χ0n) is 12.4. The number of aliphatic hydroxyl groups excluding tert-OH is 2. The Morgan fingerprint density at radius 2 is 2.10 bits per heavy atom. The molecule has 0 saturated carbocycles. The third-order valence-electron chi connectivity index (χ3n) is 3.95. The molecule has 1 aliphatic heterocycles. The lowest BCUT2D eigenvalue weighted by Gasteiger charge is -2.23. The molecule has 0 radical (unpaired) electrons. The molecule has 0 aliphatic carbocycles. The standard InChI is InChI=1S/C16H24N2O3/c1-2-6-15(20)17-13-10-18(14(11-19)16(13)21)9-12-7-4-3-5-8-12/h3-5,7-8,13-14,16,19,21H,2,6,9-11H2,1H3,(H,17,20)/t13-,14-,16+/m0/s1. The van der Waals surface area contributed by atoms with E-state index >= 15 is 0 Å². The van der Waals surface area contributed by atoms with Crippen LogP contribution >= 0.6 is 0 Å². The number of aliphatic hydroxyl groups is 2. The fourth-order valence-electron chi connectivity index (χ4n) is 2.84. The van der Waals surface area contributed by atoms with E-state index in [2.05, 4.69) is 5.32 Å². The van der Waals surface area contributed by atoms with Crippen LogP contribution in [-0.2, 0) is 11.3 Å². The molecule has 3 N–H and O–H groups in total. The molecule has 0 spiro atoms. The normalized spacial score (nSPS) is 26.0. The van der Waals surface area contributed by atoms with Gasteiger partial charge in [0, 0.05) is 19.5 Å². The van der Waals surface area contributed by atoms with Gasteiger partial charge >= 0.3 is 0 Å². The minimum Gasteiger partial charge on any atom is -0.395 e. The van der Waals surface area contributed by atoms with Gasteiger partial charge < -0.3 is 15.5 Å². The van der Waals surface area contributed by atoms with Gasteiger partial charge in [0.2, 0.25) is 5.91 Å². The van der Waals surface area contributed by atoms with Crippen molar-refractivity contribution in [1.82, 2.24) is 10.2 Å². The summed E-state index contributed by atoms with van der Waals surface area (Å²) in [6, 6.07) is 9.28. The van der Waals surface area contributed by atoms with Crippen LogP contribution in [0.3, 0.4) is 0 Å². The van der Waals surface area contributed by atoms with Gasteiger partial charge in [-0.1, -0.05) is 37.3 Å². The van der Waals surface area contributed by atoms with Crippen LogP contribution in [0, 0.1) is 0 Å². The Labute approximate surface area is 125 Å². The van der Waals surface area contributed by atoms with Gasteiger partial charge in [0.1, 0.15) is 0 Å². The zero-order valence-corrected chi connectivity index (χ0v) is 12.4. The predicted molar refractivity (Wildman–Crippen MR) is 80.6 cm³/mol. The van der Waals surface area contributed by atoms with Crippen molar-refractivity contribution in [2.24, 2.45) is 0 Å². The summed E-state index contributed by atoms with van der Waals surface area (Å²) >= 11 is 0. The maximum atomic E-state index is 11.7. The van der Waals surface area contributed by atoms with Crippen molar-refractivity contribution in [2.75, 3.05) is 13.2 Å². The molecule has 5 heteroatoms. The molecule has 116 valence electrons. The van der Waals surface area contributed by atoms with Gasteiger partial charge in [-0.2, -0.15) is 0 Å². The number of nitrogens with zero attached hydrogens (tertiary/aromatic N) is 1. The van der Waals surface area contributed by atoms with Gasteiger partial charge in [0.15, 0.2) is 0 Å². The Morgan fingerprint density at radius 3 is 2.71 bits per heavy atom. The number of nitrogens with one attached hydrogen (secondary N) is 1. The molecule has 1 amide bonds. The molecule has 1 aromatic carbocycles. The number of carbonyl (C=O) groups excluding carboxylic acids is 1. The van der Waals surface area contributed by atoms with Crippen molar-refractivity contribution in [3.05, 3.63) is 35.9 Å². The lowest BCUT2D eigenvalue weighted by molar-refractivity contribution is -0.122. The summed E-state index contributed by atoms with van der Waals surface area (Å²) in [5.41, 5.74) is 1.13. The summed E-state index contributed by atoms with van der Waals surface area (Å²) in [5, 5.41) is 22.7. The van der Waals surface area contributed by atoms with Crippen LogP contribution in [0.25, 0.3) is 0 Å². The Bertz CT molecular complexity index is 452. The minimum atomic E-state index is -0.737. The van der Waals surface area contributed by atoms with Gasteiger partial charge in [-0.3, -0.25) is 9.69 Å². The molecule has 3 atom stereocenters. The van der Waals surface area contributed by atoms with E-state index in [-0.39, 0.29) is 24.6 Å². The number of likely N-dealkylation sites (tertiary alicyclic amines) is 1. The van der Waals surface area contributed by atoms with Crippen LogP contribution in [0.4, 0.5) is 0 Å². The van der Waals surface area contributed by atoms with E-state index in [4.69, 9.17) is 0 Å². The van der Waals surface area contributed by atoms with Gasteiger partial charge in [-0.15, -0.1) is 0 Å². The molecule has 5 nitrogen and oxygen atoms in total. The maximum absolute atomic E-state index is 11.7. The molecule has 0 aromatic heterocycles. The number of amides is 1. The second-order valence-electron chi connectivity index (χ2n) is 5.58. The SMILES string of the molecule is CCCC(=O)N[C@H]1CN(Cc2ccccc2)[C@@H](CO)[C@@H]1O. The maximum Gasteiger partial charge on any atom is 0.220 e. The van der Waals surface area contributed by atoms with Gasteiger partial charge in [-0.25, -0.2) is 0 Å². The fraction of sp³-hybridized carbons (Fsp3) is 0.562. The number of carbonyl (C=O) groups is 1. The van der Waals surface area contributed by atoms with E-state index in [0.717, 1.165) is 12.0 Å². The van der Waals surface area contributed by atoms with Crippen molar-refractivity contribution >= 4 is 5.91 Å². The Morgan fingerprint density at radius 1 is 1.38 bits per heavy atom. The molecule has 1 heterocycles. The second kappa shape index (κ2) is 7.54. The Hall–Kier alpha value is -1.43. The summed E-state index contributed by atoms with van der Waals surface area (Å²) < 4.78 is 0. The van der Waals surface area contributed by atoms with Gasteiger partial charge in [0.05, 0.1) is 24.8 Å². The average molecular weight is 292 g/mol. The molecule has 1 aliphatic rings. The summed E-state index contributed by atoms with van der Waals surface area (Å²) in [6.07, 6.45) is 0.511. The molecule has 1 fully saturated rings. The summed E-state index contributed by atoms with van der Waals surface area (Å²) in [6.45, 7) is 3.04. The molecular weight excluding hydrogens is 268 g/mol. The largest absolute Gasteiger partial charge is 0.395 e. The summed E-state index contributed by atoms with van der Waals surface area (Å²) in [7, 11) is 0. The summed E-state index contributed by atoms with van der Waals surface area (Å²) in [4.78, 5) is 13.7. The Kier molecular flexibility index (Phi) is 5.73. The van der Waals surface area contributed by atoms with E-state index in [0.29, 0.717) is 19.5 Å². The zero-order chi connectivity index (χ0) is 15.2. The van der Waals surface area contributed by atoms with Crippen molar-refractivity contribution < 1.29 is 15.0 Å². The molecule has 21 heavy (non-hydrogen) atoms. The second-order valence-corrected chi connectivity index (χ2v) is 5.58. The highest BCUT2D eigenvalue weighted by Gasteiger charge is 2.40. The van der Waals surface area contributed by atoms with Crippen LogP contribution in [0.1, 0.15) is 25.3 Å². The van der Waals surface area contributed by atoms with Crippen LogP contribution in [0.5, 0.6) is 0 Å². The number of hydrogen-bond donors (Lipinski definition) is 3. The molecule has 2 rings (SSSR count). The van der Waals surface area contributed by atoms with Crippen LogP contribution in [0.2, 0.25) is 0 Å². The van der Waals surface area contributed by atoms with Crippen LogP contribution < -0.4 is 5.32 Å². The monoisotopic (exact) mass is 292 g/mol. The molecule has 0 bridgehead atoms. The predicted octanol–water partition coefficient (Wildman–Crippen LogP) is 0.509. The third kappa shape index (κ3) is 4.03. The number of hydrogen-bond acceptors (Lipinski definition) is 4. The van der Waals surface area contributed by atoms with E-state index in [9.17, 15) is 15.0 Å². The highest BCUT2D eigenvalue weighted by Crippen LogP contribution is 2.21. The number of benzene rings is 1. The summed E-state index contributed by atoms with van der Waals surface area (Å²) in [5.74, 6) is -0.0419. The van der Waals surface area contributed by atoms with Crippen molar-refractivity contribution in [3.8, 4) is 0 Å². The highest BCUT2D eigenvalue weighted by atomic mass is 16.3. The quantitative estimate of drug-likeness (QED) is 0.714. The van der Waals surface area contributed by atoms with Crippen molar-refractivity contribution in [3.63, 3.8) is 0 Å². The van der Waals surface area contributed by atoms with E-state index in [1.54, 1.807) is 0 Å². The first-order valence-corrected chi connectivity index (χ1v) is 7.52. The molecule has 1 saturated heterocycles. The lowest BCUT2D eigenvalue weighted by Crippen LogP contribution is -2.45. The molecular formula is C16H24N2O3. The van der Waals surface area contributed by atoms with Gasteiger partial charge in [-0.05, 0) is 12.0 Å². The third-order valence-corrected chi connectivity index (χ3v) is 3.95. The van der Waals surface area contributed by atoms with E-state index in [1.165, 1.54) is 0 Å². The lowest BCUT2D eigenvalue weighted by atomic mass is 10.1. The first-order chi connectivity index (χ1) is 10.2. The smallest absolute Gasteiger partial charge is 0.220 e. The van der Waals surface area contributed by atoms with Crippen LogP contribution in [0.15, 0.2) is 30.3 Å². The fourth-order valence-corrected chi connectivity index (χ4v) is 2.84. The van der Waals surface area contributed by atoms with Crippen molar-refractivity contribution in [1.29, 1.82) is 0 Å². The highest BCUT2D eigenvalue weighted by molar-refractivity contribution is 5.76. The van der Waals surface area contributed by atoms with Crippen LogP contribution in [-0.4, -0.2) is 52.4 Å². The average Bonchev–Trinajstić information content (AvgIpc) is 2.75. The topological polar surface area (TPSA) is 72.8 Å².